The molecule has 60 valence electrons. The van der Waals surface area contributed by atoms with Gasteiger partial charge in [-0.15, -0.1) is 0 Å². The Morgan fingerprint density at radius 3 is 3.00 bits per heavy atom. The van der Waals surface area contributed by atoms with Gasteiger partial charge in [-0.05, 0) is 37.8 Å². The summed E-state index contributed by atoms with van der Waals surface area (Å²) in [4.78, 5) is 0. The van der Waals surface area contributed by atoms with Crippen LogP contribution >= 0.6 is 0 Å². The summed E-state index contributed by atoms with van der Waals surface area (Å²) in [5.74, 6) is 1.51. The van der Waals surface area contributed by atoms with E-state index in [2.05, 4.69) is 12.2 Å². The lowest BCUT2D eigenvalue weighted by atomic mass is 9.86. The molecule has 2 unspecified atom stereocenters. The van der Waals surface area contributed by atoms with E-state index in [0.717, 1.165) is 25.4 Å². The molecule has 2 atom stereocenters. The molecule has 0 radical (unpaired) electrons. The van der Waals surface area contributed by atoms with Crippen LogP contribution in [0.2, 0.25) is 0 Å². The highest BCUT2D eigenvalue weighted by atomic mass is 16.3. The van der Waals surface area contributed by atoms with Crippen LogP contribution in [0.1, 0.15) is 19.8 Å². The van der Waals surface area contributed by atoms with E-state index in [4.69, 9.17) is 5.11 Å². The van der Waals surface area contributed by atoms with Crippen LogP contribution in [-0.4, -0.2) is 24.8 Å². The van der Waals surface area contributed by atoms with Crippen LogP contribution in [0.25, 0.3) is 0 Å². The Balaban J connectivity index is 2.25. The lowest BCUT2D eigenvalue weighted by Gasteiger charge is -2.28. The van der Waals surface area contributed by atoms with Crippen LogP contribution < -0.4 is 5.32 Å². The minimum atomic E-state index is 0.344. The molecular weight excluding hydrogens is 126 g/mol. The van der Waals surface area contributed by atoms with Crippen molar-refractivity contribution in [1.29, 1.82) is 0 Å². The fraction of sp³-hybridized carbons (Fsp3) is 1.00. The fourth-order valence-electron chi connectivity index (χ4n) is 1.61. The summed E-state index contributed by atoms with van der Waals surface area (Å²) < 4.78 is 0. The Bertz CT molecular complexity index is 93.3. The van der Waals surface area contributed by atoms with Gasteiger partial charge < -0.3 is 10.4 Å². The number of hydrogen-bond acceptors (Lipinski definition) is 2. The topological polar surface area (TPSA) is 32.3 Å². The molecule has 1 saturated heterocycles. The second-order valence-corrected chi connectivity index (χ2v) is 3.24. The van der Waals surface area contributed by atoms with E-state index in [1.165, 1.54) is 6.42 Å². The number of hydrogen-bond donors (Lipinski definition) is 2. The molecule has 0 saturated carbocycles. The quantitative estimate of drug-likeness (QED) is 0.593. The maximum Gasteiger partial charge on any atom is 0.0434 e. The van der Waals surface area contributed by atoms with Gasteiger partial charge in [-0.25, -0.2) is 0 Å². The molecule has 0 aromatic rings. The second-order valence-electron chi connectivity index (χ2n) is 3.24. The van der Waals surface area contributed by atoms with E-state index in [-0.39, 0.29) is 0 Å². The zero-order valence-electron chi connectivity index (χ0n) is 6.64. The smallest absolute Gasteiger partial charge is 0.0434 e. The summed E-state index contributed by atoms with van der Waals surface area (Å²) in [5.41, 5.74) is 0. The van der Waals surface area contributed by atoms with Crippen LogP contribution in [-0.2, 0) is 0 Å². The fourth-order valence-corrected chi connectivity index (χ4v) is 1.61. The molecule has 2 nitrogen and oxygen atoms in total. The maximum absolute atomic E-state index is 8.71. The number of aliphatic hydroxyl groups is 1. The first-order valence-corrected chi connectivity index (χ1v) is 4.16. The Morgan fingerprint density at radius 2 is 2.40 bits per heavy atom. The third-order valence-electron chi connectivity index (χ3n) is 2.49. The highest BCUT2D eigenvalue weighted by Gasteiger charge is 2.19. The van der Waals surface area contributed by atoms with Gasteiger partial charge >= 0.3 is 0 Å². The maximum atomic E-state index is 8.71. The van der Waals surface area contributed by atoms with Crippen molar-refractivity contribution in [2.75, 3.05) is 19.7 Å². The average molecular weight is 143 g/mol. The first-order valence-electron chi connectivity index (χ1n) is 4.16. The summed E-state index contributed by atoms with van der Waals surface area (Å²) in [6.45, 7) is 4.88. The molecule has 1 aliphatic heterocycles. The van der Waals surface area contributed by atoms with Crippen LogP contribution in [0.4, 0.5) is 0 Å². The van der Waals surface area contributed by atoms with Gasteiger partial charge in [-0.3, -0.25) is 0 Å². The molecule has 1 heterocycles. The van der Waals surface area contributed by atoms with Crippen molar-refractivity contribution >= 4 is 0 Å². The third-order valence-corrected chi connectivity index (χ3v) is 2.49. The first-order chi connectivity index (χ1) is 4.84. The lowest BCUT2D eigenvalue weighted by Crippen LogP contribution is -2.35. The monoisotopic (exact) mass is 143 g/mol. The minimum absolute atomic E-state index is 0.344. The largest absolute Gasteiger partial charge is 0.396 e. The molecule has 1 aliphatic rings. The molecule has 10 heavy (non-hydrogen) atoms. The van der Waals surface area contributed by atoms with E-state index in [1.807, 2.05) is 0 Å². The van der Waals surface area contributed by atoms with E-state index >= 15 is 0 Å². The Labute approximate surface area is 62.6 Å². The molecular formula is C8H17NO. The van der Waals surface area contributed by atoms with Crippen molar-refractivity contribution in [3.63, 3.8) is 0 Å². The van der Waals surface area contributed by atoms with Gasteiger partial charge in [-0.2, -0.15) is 0 Å². The summed E-state index contributed by atoms with van der Waals surface area (Å²) in [7, 11) is 0. The molecule has 0 bridgehead atoms. The van der Waals surface area contributed by atoms with Gasteiger partial charge in [0, 0.05) is 6.61 Å². The van der Waals surface area contributed by atoms with Gasteiger partial charge in [-0.1, -0.05) is 6.92 Å². The van der Waals surface area contributed by atoms with Crippen molar-refractivity contribution in [3.8, 4) is 0 Å². The lowest BCUT2D eigenvalue weighted by molar-refractivity contribution is 0.197. The number of aliphatic hydroxyl groups excluding tert-OH is 1. The molecule has 0 amide bonds. The van der Waals surface area contributed by atoms with Gasteiger partial charge in [0.25, 0.3) is 0 Å². The second kappa shape index (κ2) is 3.94. The first kappa shape index (κ1) is 8.02. The zero-order chi connectivity index (χ0) is 7.40. The highest BCUT2D eigenvalue weighted by molar-refractivity contribution is 4.74. The van der Waals surface area contributed by atoms with E-state index in [1.54, 1.807) is 0 Å². The van der Waals surface area contributed by atoms with Gasteiger partial charge in [0.15, 0.2) is 0 Å². The van der Waals surface area contributed by atoms with Crippen molar-refractivity contribution in [3.05, 3.63) is 0 Å². The Kier molecular flexibility index (Phi) is 3.16. The number of rotatable bonds is 2. The third kappa shape index (κ3) is 1.96. The van der Waals surface area contributed by atoms with Crippen LogP contribution in [0.5, 0.6) is 0 Å². The molecule has 0 aromatic heterocycles. The predicted octanol–water partition coefficient (Wildman–Crippen LogP) is 0.614. The molecule has 0 aromatic carbocycles. The highest BCUT2D eigenvalue weighted by Crippen LogP contribution is 2.20. The summed E-state index contributed by atoms with van der Waals surface area (Å²) in [6.07, 6.45) is 2.23. The van der Waals surface area contributed by atoms with E-state index in [0.29, 0.717) is 12.5 Å². The number of piperidine rings is 1. The van der Waals surface area contributed by atoms with E-state index in [9.17, 15) is 0 Å². The van der Waals surface area contributed by atoms with Crippen molar-refractivity contribution in [2.45, 2.75) is 19.8 Å². The molecule has 2 N–H and O–H groups in total. The molecule has 0 aliphatic carbocycles. The van der Waals surface area contributed by atoms with Crippen LogP contribution in [0, 0.1) is 11.8 Å². The average Bonchev–Trinajstić information content (AvgIpc) is 1.94. The molecule has 1 fully saturated rings. The van der Waals surface area contributed by atoms with Crippen LogP contribution in [0.3, 0.4) is 0 Å². The van der Waals surface area contributed by atoms with Gasteiger partial charge in [0.2, 0.25) is 0 Å². The van der Waals surface area contributed by atoms with Gasteiger partial charge in [0.05, 0.1) is 0 Å². The van der Waals surface area contributed by atoms with E-state index < -0.39 is 0 Å². The van der Waals surface area contributed by atoms with Gasteiger partial charge in [0.1, 0.15) is 0 Å². The predicted molar refractivity (Wildman–Crippen MR) is 41.8 cm³/mol. The number of nitrogens with one attached hydrogen (secondary N) is 1. The zero-order valence-corrected chi connectivity index (χ0v) is 6.64. The summed E-state index contributed by atoms with van der Waals surface area (Å²) >= 11 is 0. The van der Waals surface area contributed by atoms with Crippen molar-refractivity contribution in [2.24, 2.45) is 11.8 Å². The minimum Gasteiger partial charge on any atom is -0.396 e. The SMILES string of the molecule is CC1CCNCC1CCO. The summed E-state index contributed by atoms with van der Waals surface area (Å²) in [6, 6.07) is 0. The van der Waals surface area contributed by atoms with Crippen molar-refractivity contribution < 1.29 is 5.11 Å². The van der Waals surface area contributed by atoms with Crippen LogP contribution in [0.15, 0.2) is 0 Å². The van der Waals surface area contributed by atoms with Crippen molar-refractivity contribution in [1.82, 2.24) is 5.32 Å². The molecule has 2 heteroatoms. The molecule has 1 rings (SSSR count). The Morgan fingerprint density at radius 1 is 1.60 bits per heavy atom. The standard InChI is InChI=1S/C8H17NO/c1-7-2-4-9-6-8(7)3-5-10/h7-10H,2-6H2,1H3. The molecule has 0 spiro atoms. The Hall–Kier alpha value is -0.0800. The normalized spacial score (nSPS) is 34.2. The summed E-state index contributed by atoms with van der Waals surface area (Å²) in [5, 5.41) is 12.0.